The van der Waals surface area contributed by atoms with Gasteiger partial charge in [-0.2, -0.15) is 0 Å². The van der Waals surface area contributed by atoms with Crippen molar-refractivity contribution in [2.45, 2.75) is 44.9 Å². The summed E-state index contributed by atoms with van der Waals surface area (Å²) in [6.07, 6.45) is 4.95. The molecule has 1 aromatic heterocycles. The van der Waals surface area contributed by atoms with Crippen LogP contribution >= 0.6 is 12.2 Å². The first-order valence-corrected chi connectivity index (χ1v) is 8.91. The number of aromatic nitrogens is 2. The monoisotopic (exact) mass is 340 g/mol. The van der Waals surface area contributed by atoms with Gasteiger partial charge in [-0.1, -0.05) is 43.2 Å². The van der Waals surface area contributed by atoms with Crippen molar-refractivity contribution in [3.63, 3.8) is 0 Å². The van der Waals surface area contributed by atoms with Gasteiger partial charge in [-0.05, 0) is 50.5 Å². The van der Waals surface area contributed by atoms with Gasteiger partial charge in [0.05, 0.1) is 0 Å². The van der Waals surface area contributed by atoms with E-state index in [1.165, 1.54) is 31.2 Å². The first-order valence-electron chi connectivity index (χ1n) is 8.50. The molecule has 4 nitrogen and oxygen atoms in total. The van der Waals surface area contributed by atoms with Crippen molar-refractivity contribution in [2.75, 3.05) is 11.9 Å². The number of rotatable bonds is 4. The quantitative estimate of drug-likeness (QED) is 0.827. The molecule has 24 heavy (non-hydrogen) atoms. The first-order chi connectivity index (χ1) is 11.6. The summed E-state index contributed by atoms with van der Waals surface area (Å²) in [7, 11) is 0. The minimum atomic E-state index is 0.177. The van der Waals surface area contributed by atoms with Crippen molar-refractivity contribution in [3.8, 4) is 0 Å². The van der Waals surface area contributed by atoms with Crippen LogP contribution in [-0.4, -0.2) is 21.6 Å². The SMILES string of the molecule is Cc1cc(C)nc(NC(=S)NCC2(c3ccccc3)CCCC2)n1. The van der Waals surface area contributed by atoms with E-state index in [1.54, 1.807) is 0 Å². The van der Waals surface area contributed by atoms with Crippen LogP contribution in [-0.2, 0) is 5.41 Å². The maximum absolute atomic E-state index is 5.45. The van der Waals surface area contributed by atoms with Crippen LogP contribution in [0.5, 0.6) is 0 Å². The zero-order chi connectivity index (χ0) is 17.0. The summed E-state index contributed by atoms with van der Waals surface area (Å²) in [5, 5.41) is 7.09. The van der Waals surface area contributed by atoms with Crippen molar-refractivity contribution >= 4 is 23.3 Å². The molecule has 5 heteroatoms. The first kappa shape index (κ1) is 16.8. The molecule has 1 aromatic carbocycles. The number of aryl methyl sites for hydroxylation is 2. The van der Waals surface area contributed by atoms with Crippen LogP contribution in [0.15, 0.2) is 36.4 Å². The molecule has 1 fully saturated rings. The summed E-state index contributed by atoms with van der Waals surface area (Å²) in [5.74, 6) is 0.560. The Hall–Kier alpha value is -2.01. The number of benzene rings is 1. The standard InChI is InChI=1S/C19H24N4S/c1-14-12-15(2)22-17(21-14)23-18(24)20-13-19(10-6-7-11-19)16-8-4-3-5-9-16/h3-5,8-9,12H,6-7,10-11,13H2,1-2H3,(H2,20,21,22,23,24). The van der Waals surface area contributed by atoms with Gasteiger partial charge >= 0.3 is 0 Å². The Morgan fingerprint density at radius 1 is 1.08 bits per heavy atom. The summed E-state index contributed by atoms with van der Waals surface area (Å²) in [6, 6.07) is 12.7. The maximum Gasteiger partial charge on any atom is 0.229 e. The van der Waals surface area contributed by atoms with Crippen molar-refractivity contribution < 1.29 is 0 Å². The van der Waals surface area contributed by atoms with Gasteiger partial charge in [-0.3, -0.25) is 0 Å². The summed E-state index contributed by atoms with van der Waals surface area (Å²) < 4.78 is 0. The van der Waals surface area contributed by atoms with Crippen molar-refractivity contribution in [1.82, 2.24) is 15.3 Å². The Morgan fingerprint density at radius 3 is 2.33 bits per heavy atom. The average molecular weight is 340 g/mol. The molecule has 0 aliphatic heterocycles. The number of nitrogens with one attached hydrogen (secondary N) is 2. The van der Waals surface area contributed by atoms with Crippen LogP contribution in [0.3, 0.4) is 0 Å². The molecule has 0 unspecified atom stereocenters. The van der Waals surface area contributed by atoms with Crippen molar-refractivity contribution in [2.24, 2.45) is 0 Å². The predicted octanol–water partition coefficient (Wildman–Crippen LogP) is 3.89. The minimum Gasteiger partial charge on any atom is -0.361 e. The Kier molecular flexibility index (Phi) is 5.09. The molecule has 3 rings (SSSR count). The molecule has 1 aliphatic carbocycles. The van der Waals surface area contributed by atoms with Gasteiger partial charge < -0.3 is 10.6 Å². The fourth-order valence-electron chi connectivity index (χ4n) is 3.59. The highest BCUT2D eigenvalue weighted by atomic mass is 32.1. The van der Waals surface area contributed by atoms with E-state index in [1.807, 2.05) is 19.9 Å². The lowest BCUT2D eigenvalue weighted by Crippen LogP contribution is -2.41. The van der Waals surface area contributed by atoms with Gasteiger partial charge in [-0.15, -0.1) is 0 Å². The second-order valence-electron chi connectivity index (χ2n) is 6.64. The highest BCUT2D eigenvalue weighted by molar-refractivity contribution is 7.80. The summed E-state index contributed by atoms with van der Waals surface area (Å²) in [6.45, 7) is 4.76. The van der Waals surface area contributed by atoms with Crippen molar-refractivity contribution in [3.05, 3.63) is 53.3 Å². The average Bonchev–Trinajstić information content (AvgIpc) is 3.03. The zero-order valence-electron chi connectivity index (χ0n) is 14.3. The molecule has 1 heterocycles. The van der Waals surface area contributed by atoms with Gasteiger partial charge in [-0.25, -0.2) is 9.97 Å². The molecule has 2 aromatic rings. The van der Waals surface area contributed by atoms with Gasteiger partial charge in [0, 0.05) is 23.3 Å². The van der Waals surface area contributed by atoms with E-state index in [0.717, 1.165) is 17.9 Å². The van der Waals surface area contributed by atoms with E-state index in [9.17, 15) is 0 Å². The van der Waals surface area contributed by atoms with Crippen LogP contribution in [0.25, 0.3) is 0 Å². The van der Waals surface area contributed by atoms with Gasteiger partial charge in [0.2, 0.25) is 5.95 Å². The van der Waals surface area contributed by atoms with Crippen LogP contribution in [0.4, 0.5) is 5.95 Å². The van der Waals surface area contributed by atoms with Gasteiger partial charge in [0.1, 0.15) is 0 Å². The molecular weight excluding hydrogens is 316 g/mol. The van der Waals surface area contributed by atoms with Gasteiger partial charge in [0.25, 0.3) is 0 Å². The normalized spacial score (nSPS) is 15.9. The maximum atomic E-state index is 5.45. The lowest BCUT2D eigenvalue weighted by atomic mass is 9.79. The number of hydrogen-bond donors (Lipinski definition) is 2. The Labute approximate surface area is 149 Å². The Balaban J connectivity index is 1.66. The highest BCUT2D eigenvalue weighted by Gasteiger charge is 2.35. The molecule has 2 N–H and O–H groups in total. The predicted molar refractivity (Wildman–Crippen MR) is 102 cm³/mol. The lowest BCUT2D eigenvalue weighted by Gasteiger charge is -2.30. The molecule has 1 aliphatic rings. The largest absolute Gasteiger partial charge is 0.361 e. The Bertz CT molecular complexity index is 688. The van der Waals surface area contributed by atoms with E-state index in [0.29, 0.717) is 11.1 Å². The molecule has 0 radical (unpaired) electrons. The summed E-state index contributed by atoms with van der Waals surface area (Å²) in [4.78, 5) is 8.76. The summed E-state index contributed by atoms with van der Waals surface area (Å²) in [5.41, 5.74) is 3.45. The molecule has 126 valence electrons. The Morgan fingerprint density at radius 2 is 1.71 bits per heavy atom. The molecule has 0 amide bonds. The zero-order valence-corrected chi connectivity index (χ0v) is 15.1. The van der Waals surface area contributed by atoms with Crippen molar-refractivity contribution in [1.29, 1.82) is 0 Å². The van der Waals surface area contributed by atoms with Crippen LogP contribution < -0.4 is 10.6 Å². The third-order valence-electron chi connectivity index (χ3n) is 4.74. The third kappa shape index (κ3) is 3.90. The van der Waals surface area contributed by atoms with Crippen LogP contribution in [0.2, 0.25) is 0 Å². The van der Waals surface area contributed by atoms with E-state index >= 15 is 0 Å². The molecular formula is C19H24N4S. The highest BCUT2D eigenvalue weighted by Crippen LogP contribution is 2.40. The van der Waals surface area contributed by atoms with E-state index in [4.69, 9.17) is 12.2 Å². The number of hydrogen-bond acceptors (Lipinski definition) is 3. The van der Waals surface area contributed by atoms with E-state index < -0.39 is 0 Å². The van der Waals surface area contributed by atoms with Crippen LogP contribution in [0, 0.1) is 13.8 Å². The molecule has 1 saturated carbocycles. The number of nitrogens with zero attached hydrogens (tertiary/aromatic N) is 2. The fourth-order valence-corrected chi connectivity index (χ4v) is 3.75. The second-order valence-corrected chi connectivity index (χ2v) is 7.04. The topological polar surface area (TPSA) is 49.8 Å². The fraction of sp³-hybridized carbons (Fsp3) is 0.421. The number of anilines is 1. The number of thiocarbonyl (C=S) groups is 1. The molecule has 0 atom stereocenters. The van der Waals surface area contributed by atoms with Gasteiger partial charge in [0.15, 0.2) is 5.11 Å². The molecule has 0 bridgehead atoms. The van der Waals surface area contributed by atoms with E-state index in [-0.39, 0.29) is 5.41 Å². The summed E-state index contributed by atoms with van der Waals surface area (Å²) >= 11 is 5.45. The smallest absolute Gasteiger partial charge is 0.229 e. The van der Waals surface area contributed by atoms with Crippen LogP contribution in [0.1, 0.15) is 42.6 Å². The second kappa shape index (κ2) is 7.26. The molecule has 0 saturated heterocycles. The third-order valence-corrected chi connectivity index (χ3v) is 4.99. The lowest BCUT2D eigenvalue weighted by molar-refractivity contribution is 0.435. The van der Waals surface area contributed by atoms with E-state index in [2.05, 4.69) is 50.9 Å². The minimum absolute atomic E-state index is 0.177. The molecule has 0 spiro atoms.